The maximum atomic E-state index is 5.57. The summed E-state index contributed by atoms with van der Waals surface area (Å²) in [5, 5.41) is 12.0. The Morgan fingerprint density at radius 3 is 2.57 bits per heavy atom. The first-order valence-corrected chi connectivity index (χ1v) is 5.53. The van der Waals surface area contributed by atoms with Crippen LogP contribution in [0.15, 0.2) is 24.3 Å². The predicted octanol–water partition coefficient (Wildman–Crippen LogP) is 1.18. The van der Waals surface area contributed by atoms with Gasteiger partial charge in [0.1, 0.15) is 0 Å². The van der Waals surface area contributed by atoms with Crippen LogP contribution in [0.1, 0.15) is 5.82 Å². The molecule has 2 aromatic rings. The molecule has 0 amide bonds. The van der Waals surface area contributed by atoms with Crippen molar-refractivity contribution < 1.29 is 0 Å². The number of alkyl halides is 1. The Morgan fingerprint density at radius 2 is 2.00 bits per heavy atom. The van der Waals surface area contributed by atoms with E-state index in [0.29, 0.717) is 0 Å². The number of hydrogen-bond acceptors (Lipinski definition) is 4. The largest absolute Gasteiger partial charge is 0.399 e. The van der Waals surface area contributed by atoms with Gasteiger partial charge in [-0.2, -0.15) is 0 Å². The van der Waals surface area contributed by atoms with Gasteiger partial charge in [-0.15, -0.1) is 15.0 Å². The SMILES string of the molecule is Nc1ccc(-n2nnc(CI)n2)cc1. The van der Waals surface area contributed by atoms with E-state index < -0.39 is 0 Å². The molecule has 0 aliphatic rings. The van der Waals surface area contributed by atoms with E-state index in [1.807, 2.05) is 24.3 Å². The van der Waals surface area contributed by atoms with Gasteiger partial charge in [0.2, 0.25) is 0 Å². The van der Waals surface area contributed by atoms with Gasteiger partial charge >= 0.3 is 0 Å². The second-order valence-electron chi connectivity index (χ2n) is 2.72. The van der Waals surface area contributed by atoms with Crippen molar-refractivity contribution in [3.8, 4) is 5.69 Å². The van der Waals surface area contributed by atoms with Crippen molar-refractivity contribution in [1.29, 1.82) is 0 Å². The molecule has 0 aliphatic heterocycles. The molecule has 5 nitrogen and oxygen atoms in total. The number of nitrogens with two attached hydrogens (primary N) is 1. The van der Waals surface area contributed by atoms with Crippen LogP contribution in [0.3, 0.4) is 0 Å². The quantitative estimate of drug-likeness (QED) is 0.514. The molecule has 0 unspecified atom stereocenters. The van der Waals surface area contributed by atoms with Crippen LogP contribution in [0.25, 0.3) is 5.69 Å². The molecule has 0 fully saturated rings. The van der Waals surface area contributed by atoms with E-state index in [1.165, 1.54) is 4.80 Å². The van der Waals surface area contributed by atoms with Gasteiger partial charge in [-0.3, -0.25) is 0 Å². The molecule has 0 atom stereocenters. The maximum absolute atomic E-state index is 5.57. The van der Waals surface area contributed by atoms with Crippen LogP contribution in [0, 0.1) is 0 Å². The van der Waals surface area contributed by atoms with Gasteiger partial charge in [0.15, 0.2) is 5.82 Å². The molecule has 72 valence electrons. The van der Waals surface area contributed by atoms with Crippen molar-refractivity contribution in [2.45, 2.75) is 4.43 Å². The minimum atomic E-state index is 0.724. The number of rotatable bonds is 2. The van der Waals surface area contributed by atoms with Gasteiger partial charge in [0.25, 0.3) is 0 Å². The molecule has 2 rings (SSSR count). The van der Waals surface area contributed by atoms with Gasteiger partial charge in [0.05, 0.1) is 10.1 Å². The number of halogens is 1. The van der Waals surface area contributed by atoms with E-state index in [1.54, 1.807) is 0 Å². The highest BCUT2D eigenvalue weighted by Crippen LogP contribution is 2.08. The third-order valence-electron chi connectivity index (χ3n) is 1.70. The fourth-order valence-corrected chi connectivity index (χ4v) is 1.32. The minimum absolute atomic E-state index is 0.724. The molecule has 2 N–H and O–H groups in total. The van der Waals surface area contributed by atoms with Gasteiger partial charge in [-0.1, -0.05) is 22.6 Å². The number of tetrazole rings is 1. The summed E-state index contributed by atoms with van der Waals surface area (Å²) in [5.41, 5.74) is 7.16. The van der Waals surface area contributed by atoms with E-state index in [9.17, 15) is 0 Å². The zero-order valence-electron chi connectivity index (χ0n) is 7.26. The number of nitrogens with zero attached hydrogens (tertiary/aromatic N) is 4. The maximum Gasteiger partial charge on any atom is 0.184 e. The van der Waals surface area contributed by atoms with Crippen LogP contribution < -0.4 is 5.73 Å². The summed E-state index contributed by atoms with van der Waals surface area (Å²) in [6, 6.07) is 7.33. The lowest BCUT2D eigenvalue weighted by atomic mass is 10.3. The Balaban J connectivity index is 2.34. The number of hydrogen-bond donors (Lipinski definition) is 1. The summed E-state index contributed by atoms with van der Waals surface area (Å²) < 4.78 is 0.757. The van der Waals surface area contributed by atoms with Crippen molar-refractivity contribution in [1.82, 2.24) is 20.2 Å². The van der Waals surface area contributed by atoms with Crippen molar-refractivity contribution in [3.05, 3.63) is 30.1 Å². The minimum Gasteiger partial charge on any atom is -0.399 e. The van der Waals surface area contributed by atoms with Gasteiger partial charge < -0.3 is 5.73 Å². The summed E-state index contributed by atoms with van der Waals surface area (Å²) in [4.78, 5) is 1.49. The Labute approximate surface area is 94.4 Å². The lowest BCUT2D eigenvalue weighted by Gasteiger charge is -1.97. The van der Waals surface area contributed by atoms with E-state index >= 15 is 0 Å². The lowest BCUT2D eigenvalue weighted by molar-refractivity contribution is 0.719. The molecule has 0 saturated heterocycles. The third-order valence-corrected chi connectivity index (χ3v) is 2.38. The van der Waals surface area contributed by atoms with E-state index in [0.717, 1.165) is 21.6 Å². The first-order valence-electron chi connectivity index (χ1n) is 4.00. The Bertz CT molecular complexity index is 422. The third kappa shape index (κ3) is 1.84. The van der Waals surface area contributed by atoms with E-state index in [2.05, 4.69) is 38.0 Å². The Hall–Kier alpha value is -1.18. The molecule has 0 aliphatic carbocycles. The smallest absolute Gasteiger partial charge is 0.184 e. The molecule has 0 radical (unpaired) electrons. The summed E-state index contributed by atoms with van der Waals surface area (Å²) >= 11 is 2.19. The fraction of sp³-hybridized carbons (Fsp3) is 0.125. The normalized spacial score (nSPS) is 10.4. The molecule has 0 bridgehead atoms. The van der Waals surface area contributed by atoms with E-state index in [4.69, 9.17) is 5.73 Å². The van der Waals surface area contributed by atoms with Gasteiger partial charge in [0, 0.05) is 5.69 Å². The topological polar surface area (TPSA) is 69.6 Å². The van der Waals surface area contributed by atoms with Gasteiger partial charge in [-0.05, 0) is 29.5 Å². The van der Waals surface area contributed by atoms with Gasteiger partial charge in [-0.25, -0.2) is 0 Å². The monoisotopic (exact) mass is 301 g/mol. The highest BCUT2D eigenvalue weighted by molar-refractivity contribution is 14.1. The molecule has 6 heteroatoms. The zero-order chi connectivity index (χ0) is 9.97. The second-order valence-corrected chi connectivity index (χ2v) is 3.48. The van der Waals surface area contributed by atoms with Crippen molar-refractivity contribution >= 4 is 28.3 Å². The van der Waals surface area contributed by atoms with Crippen LogP contribution in [0.5, 0.6) is 0 Å². The average molecular weight is 301 g/mol. The molecular formula is C8H8IN5. The van der Waals surface area contributed by atoms with Crippen molar-refractivity contribution in [2.75, 3.05) is 5.73 Å². The van der Waals surface area contributed by atoms with Crippen molar-refractivity contribution in [2.24, 2.45) is 0 Å². The molecule has 1 aromatic heterocycles. The number of aromatic nitrogens is 4. The summed E-state index contributed by atoms with van der Waals surface area (Å²) in [6.45, 7) is 0. The second kappa shape index (κ2) is 3.91. The summed E-state index contributed by atoms with van der Waals surface area (Å²) in [5.74, 6) is 0.724. The van der Waals surface area contributed by atoms with Crippen molar-refractivity contribution in [3.63, 3.8) is 0 Å². The first kappa shape index (κ1) is 9.38. The van der Waals surface area contributed by atoms with Crippen LogP contribution in [0.4, 0.5) is 5.69 Å². The Kier molecular flexibility index (Phi) is 2.62. The van der Waals surface area contributed by atoms with Crippen LogP contribution >= 0.6 is 22.6 Å². The summed E-state index contributed by atoms with van der Waals surface area (Å²) in [7, 11) is 0. The number of nitrogen functional groups attached to an aromatic ring is 1. The fourth-order valence-electron chi connectivity index (χ4n) is 1.01. The molecule has 0 saturated carbocycles. The first-order chi connectivity index (χ1) is 6.79. The standard InChI is InChI=1S/C8H8IN5/c9-5-8-11-13-14(12-8)7-3-1-6(10)2-4-7/h1-4H,5,10H2. The molecule has 1 aromatic carbocycles. The van der Waals surface area contributed by atoms with E-state index in [-0.39, 0.29) is 0 Å². The molecule has 1 heterocycles. The molecule has 0 spiro atoms. The number of benzene rings is 1. The molecular weight excluding hydrogens is 293 g/mol. The van der Waals surface area contributed by atoms with Crippen LogP contribution in [-0.2, 0) is 4.43 Å². The predicted molar refractivity (Wildman–Crippen MR) is 61.3 cm³/mol. The number of anilines is 1. The molecule has 14 heavy (non-hydrogen) atoms. The highest BCUT2D eigenvalue weighted by Gasteiger charge is 2.02. The van der Waals surface area contributed by atoms with Crippen LogP contribution in [0.2, 0.25) is 0 Å². The Morgan fingerprint density at radius 1 is 1.29 bits per heavy atom. The summed E-state index contributed by atoms with van der Waals surface area (Å²) in [6.07, 6.45) is 0. The zero-order valence-corrected chi connectivity index (χ0v) is 9.42. The average Bonchev–Trinajstić information content (AvgIpc) is 2.67. The van der Waals surface area contributed by atoms with Crippen LogP contribution in [-0.4, -0.2) is 20.2 Å². The highest BCUT2D eigenvalue weighted by atomic mass is 127. The lowest BCUT2D eigenvalue weighted by Crippen LogP contribution is -1.99.